The Bertz CT molecular complexity index is 2660. The molecule has 14 aliphatic carbocycles. The summed E-state index contributed by atoms with van der Waals surface area (Å²) < 4.78 is 0. The molecule has 0 aromatic heterocycles. The Morgan fingerprint density at radius 1 is 0.297 bits per heavy atom. The quantitative estimate of drug-likeness (QED) is 0.168. The number of hydrogen-bond donors (Lipinski definition) is 0. The summed E-state index contributed by atoms with van der Waals surface area (Å²) in [5, 5.41) is 0. The van der Waals surface area contributed by atoms with Gasteiger partial charge in [0, 0.05) is 48.3 Å². The number of fused-ring (bicyclic) bond motifs is 20. The van der Waals surface area contributed by atoms with Gasteiger partial charge in [-0.05, 0) is 288 Å². The summed E-state index contributed by atoms with van der Waals surface area (Å²) in [4.78, 5) is 12.1. The third kappa shape index (κ3) is 19.7. The average Bonchev–Trinajstić information content (AvgIpc) is 1.55. The predicted molar refractivity (Wildman–Crippen MR) is 492 cm³/mol. The van der Waals surface area contributed by atoms with Crippen molar-refractivity contribution in [2.45, 2.75) is 400 Å². The van der Waals surface area contributed by atoms with Gasteiger partial charge in [0.05, 0.1) is 24.2 Å². The van der Waals surface area contributed by atoms with Crippen molar-refractivity contribution in [2.75, 3.05) is 28.2 Å². The summed E-state index contributed by atoms with van der Waals surface area (Å²) in [6.45, 7) is 32.9. The van der Waals surface area contributed by atoms with E-state index in [2.05, 4.69) is 129 Å². The van der Waals surface area contributed by atoms with Crippen molar-refractivity contribution in [1.82, 2.24) is 19.6 Å². The third-order valence-corrected chi connectivity index (χ3v) is 54.3. The molecular formula is C95H176Cl6N4Si3Zr3. The van der Waals surface area contributed by atoms with Crippen molar-refractivity contribution in [2.24, 2.45) is 130 Å². The van der Waals surface area contributed by atoms with Crippen LogP contribution in [-0.4, -0.2) is 120 Å². The van der Waals surface area contributed by atoms with Crippen molar-refractivity contribution in [3.8, 4) is 0 Å². The molecule has 0 N–H and O–H groups in total. The Hall–Kier alpha value is 4.88. The standard InChI is InChI=1S/C36H62N2Si.C28H51NSi.C25H45NSi.6CH3.6ClH.3Zr/c1-21-15-17-29-27(19-21)31-33(37(29)3)23-11-7-9-13-25(23)35(31)39(5,6)36-26-14-10-8-12-24(26)34-32(36)28-20-22(2)16-18-30(28)38(34)4;1-6-7-10-20-14-15-21(18-20)30(4,5)28-23-12-9-8-11-22(23)27-26(28)24-17-19(2)13-16-25(24)29(27)3;1-16-14-15-21-22-24(26(3)23(21)17(16)2)19-12-8-9-13-20(19)25(22)27(4,5)18-10-6-7-11-18;;;;;;;;;;;;;;;/h21-36H,7-20H2,1-6H3;19-28H,6-18H2,1-5H3;16-25H,6-15H2,1-5H3;6*1H3;6*1H;;;/q;;;6*-1;;;;;;;3*+4/p-6. The van der Waals surface area contributed by atoms with E-state index < -0.39 is 86.8 Å². The van der Waals surface area contributed by atoms with Gasteiger partial charge in [-0.2, -0.15) is 0 Å². The number of hydrogen-bond acceptors (Lipinski definition) is 4. The first-order valence-corrected chi connectivity index (χ1v) is 74.6. The maximum atomic E-state index is 4.93. The molecular weight excluding hydrogens is 1770 g/mol. The number of unbranched alkanes of at least 4 members (excludes halogenated alkanes) is 1. The number of halogens is 6. The monoisotopic (exact) mass is 1940 g/mol. The second kappa shape index (κ2) is 44.5. The van der Waals surface area contributed by atoms with Crippen molar-refractivity contribution in [3.63, 3.8) is 0 Å². The zero-order chi connectivity index (χ0) is 74.9. The minimum absolute atomic E-state index is 0. The molecule has 4 aliphatic heterocycles. The van der Waals surface area contributed by atoms with Crippen LogP contribution in [-0.2, 0) is 62.5 Å². The van der Waals surface area contributed by atoms with E-state index in [0.717, 1.165) is 212 Å². The molecule has 0 aromatic carbocycles. The normalized spacial score (nSPS) is 46.2. The molecule has 16 heteroatoms. The fraction of sp³-hybridized carbons (Fsp3) is 0.937. The van der Waals surface area contributed by atoms with Gasteiger partial charge in [0.1, 0.15) is 0 Å². The summed E-state index contributed by atoms with van der Waals surface area (Å²) in [5.74, 6) is 22.8. The third-order valence-electron chi connectivity index (χ3n) is 38.8. The summed E-state index contributed by atoms with van der Waals surface area (Å²) >= 11 is -2.48. The topological polar surface area (TPSA) is 13.0 Å². The van der Waals surface area contributed by atoms with E-state index in [0.29, 0.717) is 0 Å². The molecule has 18 rings (SSSR count). The number of likely N-dealkylation sites (tertiary alicyclic amines) is 4. The minimum atomic E-state index is -1.53. The zero-order valence-electron chi connectivity index (χ0n) is 76.0. The zero-order valence-corrected chi connectivity index (χ0v) is 90.9. The van der Waals surface area contributed by atoms with Gasteiger partial charge >= 0.3 is 114 Å². The van der Waals surface area contributed by atoms with Crippen molar-refractivity contribution >= 4 is 75.3 Å². The Labute approximate surface area is 751 Å². The Kier molecular flexibility index (Phi) is 41.3. The molecule has 642 valence electrons. The Morgan fingerprint density at radius 2 is 0.595 bits per heavy atom. The second-order valence-corrected chi connectivity index (χ2v) is 70.1. The average molecular weight is 1950 g/mol. The van der Waals surface area contributed by atoms with Gasteiger partial charge in [0.15, 0.2) is 0 Å². The van der Waals surface area contributed by atoms with E-state index in [1.54, 1.807) is 128 Å². The van der Waals surface area contributed by atoms with Crippen molar-refractivity contribution < 1.29 is 62.5 Å². The van der Waals surface area contributed by atoms with E-state index in [9.17, 15) is 0 Å². The van der Waals surface area contributed by atoms with Gasteiger partial charge in [0.2, 0.25) is 0 Å². The second-order valence-electron chi connectivity index (χ2n) is 43.7. The van der Waals surface area contributed by atoms with Crippen LogP contribution in [0.4, 0.5) is 0 Å². The van der Waals surface area contributed by atoms with Crippen LogP contribution < -0.4 is 0 Å². The van der Waals surface area contributed by atoms with Crippen LogP contribution in [0.2, 0.25) is 72.5 Å². The molecule has 0 amide bonds. The van der Waals surface area contributed by atoms with Gasteiger partial charge in [-0.3, -0.25) is 19.6 Å². The fourth-order valence-corrected chi connectivity index (χ4v) is 52.5. The molecule has 0 bridgehead atoms. The number of nitrogens with zero attached hydrogens (tertiary/aromatic N) is 4. The molecule has 35 unspecified atom stereocenters. The summed E-state index contributed by atoms with van der Waals surface area (Å²) in [6.07, 6.45) is 57.1. The van der Waals surface area contributed by atoms with E-state index in [4.69, 9.17) is 51.1 Å². The Morgan fingerprint density at radius 3 is 0.937 bits per heavy atom. The SMILES string of the molecule is CC1CCC2C(C1)C1C(C3CCCCC3C1[Si](C)(C)C1C3CCCCC3C3C1C1CC(C)CCC1N3C)N2C.CC1CCC2C3C(C4CCCCC4C3[Si](C)(C)C3CCCC3)N(C)C2C1C.CCCCC1CCC([Si](C)(C)C2C3CCCCC3C3C2C2CC(C)CCC2N3C)C1.[CH3-].[CH3-].[CH3-].[CH3-].[CH3-].[CH3-].[Cl][Zr+2][Cl].[Cl][Zr+2][Cl].[Cl][Zr+2][Cl]. The van der Waals surface area contributed by atoms with Crippen LogP contribution in [0.1, 0.15) is 279 Å². The molecule has 111 heavy (non-hydrogen) atoms. The molecule has 4 nitrogen and oxygen atoms in total. The molecule has 4 heterocycles. The van der Waals surface area contributed by atoms with Gasteiger partial charge in [-0.15, -0.1) is 0 Å². The van der Waals surface area contributed by atoms with Gasteiger partial charge in [0.25, 0.3) is 0 Å². The number of rotatable bonds is 9. The van der Waals surface area contributed by atoms with Crippen LogP contribution in [0.25, 0.3) is 0 Å². The van der Waals surface area contributed by atoms with Crippen LogP contribution in [0.3, 0.4) is 0 Å². The van der Waals surface area contributed by atoms with Gasteiger partial charge < -0.3 is 44.6 Å². The molecule has 18 fully saturated rings. The first kappa shape index (κ1) is 103. The van der Waals surface area contributed by atoms with Gasteiger partial charge in [-0.25, -0.2) is 0 Å². The van der Waals surface area contributed by atoms with Crippen LogP contribution in [0.15, 0.2) is 0 Å². The molecule has 4 saturated heterocycles. The van der Waals surface area contributed by atoms with E-state index in [-0.39, 0.29) is 44.6 Å². The summed E-state index contributed by atoms with van der Waals surface area (Å²) in [7, 11) is 36.0. The van der Waals surface area contributed by atoms with Crippen LogP contribution in [0, 0.1) is 175 Å². The fourth-order valence-electron chi connectivity index (χ4n) is 35.4. The summed E-state index contributed by atoms with van der Waals surface area (Å²) in [5.41, 5.74) is 6.81. The molecule has 14 saturated carbocycles. The first-order chi connectivity index (χ1) is 50.4. The molecule has 18 aliphatic rings. The summed E-state index contributed by atoms with van der Waals surface area (Å²) in [6, 6.07) is 7.49. The maximum absolute atomic E-state index is 4.93. The van der Waals surface area contributed by atoms with Crippen molar-refractivity contribution in [1.29, 1.82) is 0 Å². The van der Waals surface area contributed by atoms with Crippen molar-refractivity contribution in [3.05, 3.63) is 44.6 Å². The van der Waals surface area contributed by atoms with Crippen LogP contribution in [0.5, 0.6) is 0 Å². The van der Waals surface area contributed by atoms with E-state index in [1.807, 2.05) is 0 Å². The van der Waals surface area contributed by atoms with E-state index in [1.165, 1.54) is 109 Å². The molecule has 0 spiro atoms. The molecule has 0 radical (unpaired) electrons. The molecule has 0 aromatic rings. The predicted octanol–water partition coefficient (Wildman–Crippen LogP) is 30.2. The van der Waals surface area contributed by atoms with E-state index >= 15 is 0 Å². The van der Waals surface area contributed by atoms with Crippen LogP contribution >= 0.6 is 51.1 Å². The Balaban J connectivity index is 0.000000217. The van der Waals surface area contributed by atoms with Gasteiger partial charge in [-0.1, -0.05) is 222 Å². The molecule has 35 atom stereocenters. The first-order valence-electron chi connectivity index (χ1n) is 46.2.